The highest BCUT2D eigenvalue weighted by atomic mass is 32.1. The second-order valence-electron chi connectivity index (χ2n) is 5.26. The van der Waals surface area contributed by atoms with E-state index in [1.54, 1.807) is 11.3 Å². The van der Waals surface area contributed by atoms with Crippen molar-refractivity contribution in [1.82, 2.24) is 4.98 Å². The van der Waals surface area contributed by atoms with E-state index in [1.165, 1.54) is 4.88 Å². The zero-order valence-electron chi connectivity index (χ0n) is 11.0. The van der Waals surface area contributed by atoms with Crippen LogP contribution in [-0.4, -0.2) is 30.3 Å². The smallest absolute Gasteiger partial charge is 0.186 e. The molecule has 0 radical (unpaired) electrons. The Kier molecular flexibility index (Phi) is 3.43. The van der Waals surface area contributed by atoms with Gasteiger partial charge in [0.25, 0.3) is 0 Å². The van der Waals surface area contributed by atoms with Crippen molar-refractivity contribution in [1.29, 1.82) is 0 Å². The minimum atomic E-state index is -0.0910. The van der Waals surface area contributed by atoms with Crippen LogP contribution in [0.2, 0.25) is 0 Å². The van der Waals surface area contributed by atoms with Crippen LogP contribution in [-0.2, 0) is 4.74 Å². The summed E-state index contributed by atoms with van der Waals surface area (Å²) in [5, 5.41) is 1.08. The summed E-state index contributed by atoms with van der Waals surface area (Å²) in [5.74, 6) is 0. The summed E-state index contributed by atoms with van der Waals surface area (Å²) in [4.78, 5) is 8.11. The summed E-state index contributed by atoms with van der Waals surface area (Å²) in [6.07, 6.45) is 0. The van der Waals surface area contributed by atoms with E-state index < -0.39 is 0 Å². The molecule has 1 aromatic heterocycles. The lowest BCUT2D eigenvalue weighted by Crippen LogP contribution is -2.48. The van der Waals surface area contributed by atoms with Crippen molar-refractivity contribution in [2.75, 3.05) is 24.6 Å². The Morgan fingerprint density at radius 2 is 2.24 bits per heavy atom. The zero-order chi connectivity index (χ0) is 12.6. The zero-order valence-corrected chi connectivity index (χ0v) is 11.8. The Labute approximate surface area is 107 Å². The van der Waals surface area contributed by atoms with Crippen LogP contribution in [0, 0.1) is 6.92 Å². The molecule has 1 unspecified atom stereocenters. The van der Waals surface area contributed by atoms with Crippen LogP contribution in [0.3, 0.4) is 0 Å². The van der Waals surface area contributed by atoms with E-state index in [-0.39, 0.29) is 11.6 Å². The van der Waals surface area contributed by atoms with Gasteiger partial charge in [0.15, 0.2) is 5.13 Å². The van der Waals surface area contributed by atoms with Crippen molar-refractivity contribution in [2.24, 2.45) is 5.73 Å². The molecule has 96 valence electrons. The summed E-state index contributed by atoms with van der Waals surface area (Å²) >= 11 is 1.71. The molecule has 1 saturated heterocycles. The topological polar surface area (TPSA) is 51.4 Å². The van der Waals surface area contributed by atoms with Gasteiger partial charge in [-0.05, 0) is 27.7 Å². The Bertz CT molecular complexity index is 400. The molecule has 1 atom stereocenters. The van der Waals surface area contributed by atoms with Crippen molar-refractivity contribution < 1.29 is 4.74 Å². The van der Waals surface area contributed by atoms with Gasteiger partial charge in [0.1, 0.15) is 0 Å². The van der Waals surface area contributed by atoms with Crippen molar-refractivity contribution in [3.63, 3.8) is 0 Å². The van der Waals surface area contributed by atoms with Crippen molar-refractivity contribution in [3.8, 4) is 0 Å². The summed E-state index contributed by atoms with van der Waals surface area (Å²) < 4.78 is 5.71. The maximum absolute atomic E-state index is 5.94. The van der Waals surface area contributed by atoms with Gasteiger partial charge in [-0.25, -0.2) is 4.98 Å². The van der Waals surface area contributed by atoms with Crippen molar-refractivity contribution >= 4 is 16.5 Å². The van der Waals surface area contributed by atoms with Crippen LogP contribution in [0.4, 0.5) is 5.13 Å². The first-order valence-electron chi connectivity index (χ1n) is 6.01. The average Bonchev–Trinajstić information content (AvgIpc) is 2.59. The van der Waals surface area contributed by atoms with E-state index in [1.807, 2.05) is 13.8 Å². The fraction of sp³-hybridized carbons (Fsp3) is 0.750. The molecule has 1 aliphatic rings. The maximum Gasteiger partial charge on any atom is 0.186 e. The quantitative estimate of drug-likeness (QED) is 0.879. The maximum atomic E-state index is 5.94. The molecule has 1 aromatic rings. The molecule has 0 bridgehead atoms. The standard InChI is InChI=1S/C12H21N3OS/c1-8(13)10-9(2)14-11(17-10)15-5-6-16-12(3,4)7-15/h8H,5-7,13H2,1-4H3. The number of rotatable bonds is 2. The van der Waals surface area contributed by atoms with Gasteiger partial charge < -0.3 is 15.4 Å². The molecule has 0 saturated carbocycles. The molecule has 1 aliphatic heterocycles. The van der Waals surface area contributed by atoms with Gasteiger partial charge in [-0.1, -0.05) is 0 Å². The number of aryl methyl sites for hydroxylation is 1. The molecule has 2 rings (SSSR count). The van der Waals surface area contributed by atoms with E-state index in [0.29, 0.717) is 0 Å². The van der Waals surface area contributed by atoms with E-state index in [4.69, 9.17) is 10.5 Å². The number of hydrogen-bond donors (Lipinski definition) is 1. The fourth-order valence-corrected chi connectivity index (χ4v) is 3.17. The second-order valence-corrected chi connectivity index (χ2v) is 6.27. The van der Waals surface area contributed by atoms with Gasteiger partial charge in [0.05, 0.1) is 17.9 Å². The Hall–Kier alpha value is -0.650. The number of nitrogens with zero attached hydrogens (tertiary/aromatic N) is 2. The summed E-state index contributed by atoms with van der Waals surface area (Å²) in [6, 6.07) is 0.0651. The number of nitrogens with two attached hydrogens (primary N) is 1. The molecule has 0 spiro atoms. The number of thiazole rings is 1. The molecular weight excluding hydrogens is 234 g/mol. The fourth-order valence-electron chi connectivity index (χ4n) is 2.13. The molecule has 2 N–H and O–H groups in total. The van der Waals surface area contributed by atoms with Crippen LogP contribution in [0.5, 0.6) is 0 Å². The van der Waals surface area contributed by atoms with Crippen molar-refractivity contribution in [3.05, 3.63) is 10.6 Å². The molecule has 2 heterocycles. The van der Waals surface area contributed by atoms with Gasteiger partial charge in [-0.15, -0.1) is 11.3 Å². The Balaban J connectivity index is 2.20. The van der Waals surface area contributed by atoms with Gasteiger partial charge in [-0.3, -0.25) is 0 Å². The highest BCUT2D eigenvalue weighted by Gasteiger charge is 2.29. The van der Waals surface area contributed by atoms with Crippen LogP contribution < -0.4 is 10.6 Å². The molecule has 1 fully saturated rings. The molecule has 17 heavy (non-hydrogen) atoms. The first kappa shape index (κ1) is 12.8. The molecule has 0 amide bonds. The first-order valence-corrected chi connectivity index (χ1v) is 6.82. The van der Waals surface area contributed by atoms with E-state index >= 15 is 0 Å². The SMILES string of the molecule is Cc1nc(N2CCOC(C)(C)C2)sc1C(C)N. The Morgan fingerprint density at radius 1 is 1.53 bits per heavy atom. The average molecular weight is 255 g/mol. The third-order valence-corrected chi connectivity index (χ3v) is 4.35. The highest BCUT2D eigenvalue weighted by molar-refractivity contribution is 7.15. The van der Waals surface area contributed by atoms with Gasteiger partial charge in [0, 0.05) is 24.0 Å². The number of anilines is 1. The number of aromatic nitrogens is 1. The van der Waals surface area contributed by atoms with Crippen LogP contribution in [0.15, 0.2) is 0 Å². The molecule has 5 heteroatoms. The predicted octanol–water partition coefficient (Wildman–Crippen LogP) is 2.09. The van der Waals surface area contributed by atoms with Crippen LogP contribution in [0.25, 0.3) is 0 Å². The normalized spacial score (nSPS) is 21.6. The largest absolute Gasteiger partial charge is 0.372 e. The third-order valence-electron chi connectivity index (χ3n) is 2.93. The van der Waals surface area contributed by atoms with E-state index in [9.17, 15) is 0 Å². The van der Waals surface area contributed by atoms with Gasteiger partial charge in [0.2, 0.25) is 0 Å². The molecule has 4 nitrogen and oxygen atoms in total. The van der Waals surface area contributed by atoms with Crippen LogP contribution >= 0.6 is 11.3 Å². The van der Waals surface area contributed by atoms with E-state index in [0.717, 1.165) is 30.5 Å². The minimum absolute atomic E-state index is 0.0651. The highest BCUT2D eigenvalue weighted by Crippen LogP contribution is 2.31. The monoisotopic (exact) mass is 255 g/mol. The van der Waals surface area contributed by atoms with E-state index in [2.05, 4.69) is 23.7 Å². The van der Waals surface area contributed by atoms with Gasteiger partial charge in [-0.2, -0.15) is 0 Å². The van der Waals surface area contributed by atoms with Gasteiger partial charge >= 0.3 is 0 Å². The predicted molar refractivity (Wildman–Crippen MR) is 71.7 cm³/mol. The molecule has 0 aliphatic carbocycles. The lowest BCUT2D eigenvalue weighted by molar-refractivity contribution is -0.0277. The number of morpholine rings is 1. The number of hydrogen-bond acceptors (Lipinski definition) is 5. The lowest BCUT2D eigenvalue weighted by atomic mass is 10.1. The van der Waals surface area contributed by atoms with Crippen LogP contribution in [0.1, 0.15) is 37.4 Å². The molecular formula is C12H21N3OS. The second kappa shape index (κ2) is 4.55. The Morgan fingerprint density at radius 3 is 2.76 bits per heavy atom. The minimum Gasteiger partial charge on any atom is -0.372 e. The lowest BCUT2D eigenvalue weighted by Gasteiger charge is -2.38. The van der Waals surface area contributed by atoms with Crippen molar-refractivity contribution in [2.45, 2.75) is 39.3 Å². The summed E-state index contributed by atoms with van der Waals surface area (Å²) in [5.41, 5.74) is 6.91. The molecule has 0 aromatic carbocycles. The summed E-state index contributed by atoms with van der Waals surface area (Å²) in [6.45, 7) is 10.8. The summed E-state index contributed by atoms with van der Waals surface area (Å²) in [7, 11) is 0. The third kappa shape index (κ3) is 2.78. The number of ether oxygens (including phenoxy) is 1. The first-order chi connectivity index (χ1) is 7.89.